The summed E-state index contributed by atoms with van der Waals surface area (Å²) >= 11 is 0. The van der Waals surface area contributed by atoms with Crippen LogP contribution in [-0.4, -0.2) is 42.0 Å². The highest BCUT2D eigenvalue weighted by atomic mass is 35.5. The van der Waals surface area contributed by atoms with Crippen LogP contribution in [0.1, 0.15) is 30.6 Å². The van der Waals surface area contributed by atoms with Crippen LogP contribution in [0.15, 0.2) is 24.3 Å². The Hall–Kier alpha value is -1.66. The minimum Gasteiger partial charge on any atom is -0.462 e. The van der Waals surface area contributed by atoms with Crippen molar-refractivity contribution < 1.29 is 14.5 Å². The number of halogens is 1. The molecule has 0 radical (unpaired) electrons. The first-order chi connectivity index (χ1) is 9.58. The fourth-order valence-corrected chi connectivity index (χ4v) is 1.82. The molecule has 6 nitrogen and oxygen atoms in total. The number of carbonyl (C=O) groups is 1. The first-order valence-electron chi connectivity index (χ1n) is 6.72. The molecule has 0 spiro atoms. The second-order valence-electron chi connectivity index (χ2n) is 4.32. The quantitative estimate of drug-likeness (QED) is 0.319. The molecule has 0 saturated heterocycles. The third-order valence-corrected chi connectivity index (χ3v) is 3.04. The number of esters is 1. The van der Waals surface area contributed by atoms with Gasteiger partial charge < -0.3 is 9.64 Å². The molecule has 0 aliphatic rings. The maximum absolute atomic E-state index is 11.7. The Kier molecular flexibility index (Phi) is 9.32. The number of rotatable bonds is 8. The Morgan fingerprint density at radius 2 is 2.00 bits per heavy atom. The van der Waals surface area contributed by atoms with E-state index in [9.17, 15) is 14.9 Å². The van der Waals surface area contributed by atoms with Gasteiger partial charge in [-0.15, -0.1) is 12.4 Å². The molecule has 0 atom stereocenters. The highest BCUT2D eigenvalue weighted by Crippen LogP contribution is 2.13. The van der Waals surface area contributed by atoms with Crippen LogP contribution in [0.25, 0.3) is 0 Å². The summed E-state index contributed by atoms with van der Waals surface area (Å²) < 4.78 is 5.11. The van der Waals surface area contributed by atoms with Gasteiger partial charge in [0.15, 0.2) is 0 Å². The second-order valence-corrected chi connectivity index (χ2v) is 4.32. The largest absolute Gasteiger partial charge is 0.462 e. The molecule has 0 aromatic heterocycles. The first kappa shape index (κ1) is 19.3. The molecule has 0 amide bonds. The molecule has 1 rings (SSSR count). The molecule has 0 N–H and O–H groups in total. The van der Waals surface area contributed by atoms with E-state index in [4.69, 9.17) is 4.74 Å². The lowest BCUT2D eigenvalue weighted by Gasteiger charge is -2.17. The number of hydrogen-bond acceptors (Lipinski definition) is 5. The Morgan fingerprint density at radius 3 is 2.57 bits per heavy atom. The van der Waals surface area contributed by atoms with Crippen molar-refractivity contribution in [3.63, 3.8) is 0 Å². The summed E-state index contributed by atoms with van der Waals surface area (Å²) in [6.07, 6.45) is 0.752. The van der Waals surface area contributed by atoms with Crippen molar-refractivity contribution in [3.8, 4) is 0 Å². The van der Waals surface area contributed by atoms with E-state index in [1.54, 1.807) is 0 Å². The molecule has 21 heavy (non-hydrogen) atoms. The summed E-state index contributed by atoms with van der Waals surface area (Å²) in [4.78, 5) is 24.1. The predicted octanol–water partition coefficient (Wildman–Crippen LogP) is 2.91. The summed E-state index contributed by atoms with van der Waals surface area (Å²) in [5.41, 5.74) is 0.102. The summed E-state index contributed by atoms with van der Waals surface area (Å²) in [7, 11) is 0. The van der Waals surface area contributed by atoms with Gasteiger partial charge in [0.2, 0.25) is 0 Å². The lowest BCUT2D eigenvalue weighted by atomic mass is 10.2. The van der Waals surface area contributed by atoms with Gasteiger partial charge in [-0.1, -0.05) is 19.9 Å². The molecule has 0 bridgehead atoms. The molecule has 1 aromatic rings. The molecular weight excluding hydrogens is 296 g/mol. The van der Waals surface area contributed by atoms with Gasteiger partial charge in [0, 0.05) is 18.7 Å². The normalized spacial score (nSPS) is 10.0. The Bertz CT molecular complexity index is 464. The van der Waals surface area contributed by atoms with Crippen molar-refractivity contribution in [1.29, 1.82) is 0 Å². The number of non-ortho nitro benzene ring substituents is 1. The van der Waals surface area contributed by atoms with E-state index in [-0.39, 0.29) is 23.7 Å². The fourth-order valence-electron chi connectivity index (χ4n) is 1.82. The Morgan fingerprint density at radius 1 is 1.33 bits per heavy atom. The van der Waals surface area contributed by atoms with Gasteiger partial charge in [-0.2, -0.15) is 0 Å². The maximum atomic E-state index is 11.7. The van der Waals surface area contributed by atoms with E-state index >= 15 is 0 Å². The van der Waals surface area contributed by atoms with Crippen molar-refractivity contribution >= 4 is 24.1 Å². The molecule has 0 heterocycles. The Labute approximate surface area is 130 Å². The number of nitro benzene ring substituents is 1. The monoisotopic (exact) mass is 316 g/mol. The van der Waals surface area contributed by atoms with Crippen LogP contribution >= 0.6 is 12.4 Å². The van der Waals surface area contributed by atoms with Gasteiger partial charge in [-0.25, -0.2) is 4.79 Å². The van der Waals surface area contributed by atoms with Crippen LogP contribution in [0.2, 0.25) is 0 Å². The van der Waals surface area contributed by atoms with Crippen LogP contribution in [0.3, 0.4) is 0 Å². The SMILES string of the molecule is CCN(CC)CCCOC(=O)c1cccc([N+](=O)[O-])c1.Cl. The summed E-state index contributed by atoms with van der Waals surface area (Å²) in [5.74, 6) is -0.520. The molecule has 0 aliphatic carbocycles. The van der Waals surface area contributed by atoms with Gasteiger partial charge >= 0.3 is 5.97 Å². The molecule has 0 unspecified atom stereocenters. The zero-order chi connectivity index (χ0) is 15.0. The third-order valence-electron chi connectivity index (χ3n) is 3.04. The van der Waals surface area contributed by atoms with E-state index in [0.29, 0.717) is 6.61 Å². The van der Waals surface area contributed by atoms with Gasteiger partial charge in [0.1, 0.15) is 0 Å². The van der Waals surface area contributed by atoms with Gasteiger partial charge in [-0.3, -0.25) is 10.1 Å². The van der Waals surface area contributed by atoms with Crippen molar-refractivity contribution in [3.05, 3.63) is 39.9 Å². The molecule has 0 saturated carbocycles. The molecule has 0 fully saturated rings. The van der Waals surface area contributed by atoms with Crippen LogP contribution in [0.5, 0.6) is 0 Å². The average molecular weight is 317 g/mol. The average Bonchev–Trinajstić information content (AvgIpc) is 2.47. The highest BCUT2D eigenvalue weighted by Gasteiger charge is 2.12. The first-order valence-corrected chi connectivity index (χ1v) is 6.72. The van der Waals surface area contributed by atoms with Gasteiger partial charge in [-0.05, 0) is 25.6 Å². The number of nitrogens with zero attached hydrogens (tertiary/aromatic N) is 2. The molecule has 118 valence electrons. The third kappa shape index (κ3) is 6.55. The number of hydrogen-bond donors (Lipinski definition) is 0. The molecule has 1 aromatic carbocycles. The topological polar surface area (TPSA) is 72.7 Å². The number of nitro groups is 1. The summed E-state index contributed by atoms with van der Waals surface area (Å²) in [5, 5.41) is 10.6. The van der Waals surface area contributed by atoms with Crippen molar-refractivity contribution in [1.82, 2.24) is 4.90 Å². The van der Waals surface area contributed by atoms with Crippen LogP contribution in [-0.2, 0) is 4.74 Å². The van der Waals surface area contributed by atoms with Crippen LogP contribution in [0, 0.1) is 10.1 Å². The standard InChI is InChI=1S/C14H20N2O4.ClH/c1-3-15(4-2)9-6-10-20-14(17)12-7-5-8-13(11-12)16(18)19;/h5,7-8,11H,3-4,6,9-10H2,1-2H3;1H. The maximum Gasteiger partial charge on any atom is 0.338 e. The smallest absolute Gasteiger partial charge is 0.338 e. The van der Waals surface area contributed by atoms with E-state index in [2.05, 4.69) is 18.7 Å². The van der Waals surface area contributed by atoms with Crippen molar-refractivity contribution in [2.24, 2.45) is 0 Å². The Balaban J connectivity index is 0.00000400. The number of ether oxygens (including phenoxy) is 1. The second kappa shape index (κ2) is 10.1. The minimum atomic E-state index is -0.531. The summed E-state index contributed by atoms with van der Waals surface area (Å²) in [6.45, 7) is 7.29. The van der Waals surface area contributed by atoms with Gasteiger partial charge in [0.05, 0.1) is 17.1 Å². The molecule has 0 aliphatic heterocycles. The molecular formula is C14H21ClN2O4. The number of benzene rings is 1. The van der Waals surface area contributed by atoms with Crippen LogP contribution < -0.4 is 0 Å². The zero-order valence-corrected chi connectivity index (χ0v) is 13.1. The minimum absolute atomic E-state index is 0. The molecule has 7 heteroatoms. The van der Waals surface area contributed by atoms with E-state index in [1.165, 1.54) is 24.3 Å². The lowest BCUT2D eigenvalue weighted by Crippen LogP contribution is -2.25. The van der Waals surface area contributed by atoms with Gasteiger partial charge in [0.25, 0.3) is 5.69 Å². The fraction of sp³-hybridized carbons (Fsp3) is 0.500. The van der Waals surface area contributed by atoms with Crippen LogP contribution in [0.4, 0.5) is 5.69 Å². The zero-order valence-electron chi connectivity index (χ0n) is 12.3. The van der Waals surface area contributed by atoms with Crippen molar-refractivity contribution in [2.45, 2.75) is 20.3 Å². The highest BCUT2D eigenvalue weighted by molar-refractivity contribution is 5.90. The number of carbonyl (C=O) groups excluding carboxylic acids is 1. The van der Waals surface area contributed by atoms with E-state index in [1.807, 2.05) is 0 Å². The van der Waals surface area contributed by atoms with E-state index < -0.39 is 10.9 Å². The lowest BCUT2D eigenvalue weighted by molar-refractivity contribution is -0.384. The van der Waals surface area contributed by atoms with Crippen molar-refractivity contribution in [2.75, 3.05) is 26.2 Å². The predicted molar refractivity (Wildman–Crippen MR) is 83.0 cm³/mol. The summed E-state index contributed by atoms with van der Waals surface area (Å²) in [6, 6.07) is 5.56. The van der Waals surface area contributed by atoms with E-state index in [0.717, 1.165) is 26.1 Å².